The van der Waals surface area contributed by atoms with E-state index in [1.165, 1.54) is 56.5 Å². The maximum atomic E-state index is 15.2. The van der Waals surface area contributed by atoms with Gasteiger partial charge in [-0.2, -0.15) is 0 Å². The van der Waals surface area contributed by atoms with E-state index in [-0.39, 0.29) is 37.1 Å². The van der Waals surface area contributed by atoms with Gasteiger partial charge in [0.05, 0.1) is 28.7 Å². The zero-order chi connectivity index (χ0) is 29.2. The molecule has 1 aliphatic rings. The molecule has 0 aromatic heterocycles. The van der Waals surface area contributed by atoms with Crippen LogP contribution < -0.4 is 0 Å². The maximum absolute atomic E-state index is 15.2. The van der Waals surface area contributed by atoms with Crippen LogP contribution in [0.3, 0.4) is 0 Å². The van der Waals surface area contributed by atoms with Gasteiger partial charge >= 0.3 is 6.09 Å². The number of aliphatic imine (C=N–C) groups is 1. The highest BCUT2D eigenvalue weighted by Crippen LogP contribution is 2.45. The number of benzene rings is 2. The van der Waals surface area contributed by atoms with Gasteiger partial charge < -0.3 is 14.2 Å². The van der Waals surface area contributed by atoms with Crippen molar-refractivity contribution in [2.24, 2.45) is 4.99 Å². The van der Waals surface area contributed by atoms with Crippen molar-refractivity contribution in [3.63, 3.8) is 0 Å². The van der Waals surface area contributed by atoms with Crippen LogP contribution in [0.25, 0.3) is 0 Å². The minimum atomic E-state index is -3.75. The van der Waals surface area contributed by atoms with Crippen molar-refractivity contribution in [3.8, 4) is 0 Å². The first-order chi connectivity index (χ1) is 18.0. The number of ether oxygens (including phenoxy) is 3. The quantitative estimate of drug-likeness (QED) is 0.291. The summed E-state index contributed by atoms with van der Waals surface area (Å²) in [5.41, 5.74) is -2.02. The van der Waals surface area contributed by atoms with E-state index in [2.05, 4.69) is 15.9 Å². The Morgan fingerprint density at radius 3 is 2.38 bits per heavy atom. The molecule has 0 radical (unpaired) electrons. The molecule has 2 aromatic carbocycles. The summed E-state index contributed by atoms with van der Waals surface area (Å²) in [6.45, 7) is 8.11. The molecule has 1 N–H and O–H groups in total. The van der Waals surface area contributed by atoms with E-state index in [1.54, 1.807) is 27.7 Å². The number of carbonyl (C=O) groups excluding carboxylic acids is 1. The van der Waals surface area contributed by atoms with Gasteiger partial charge in [0.2, 0.25) is 0 Å². The van der Waals surface area contributed by atoms with E-state index >= 15 is 4.39 Å². The zero-order valence-corrected chi connectivity index (χ0v) is 25.3. The first-order valence-electron chi connectivity index (χ1n) is 12.2. The van der Waals surface area contributed by atoms with Crippen molar-refractivity contribution in [1.29, 1.82) is 4.78 Å². The van der Waals surface area contributed by atoms with Crippen molar-refractivity contribution in [2.75, 3.05) is 32.8 Å². The van der Waals surface area contributed by atoms with Crippen LogP contribution in [-0.4, -0.2) is 59.4 Å². The van der Waals surface area contributed by atoms with Crippen molar-refractivity contribution in [3.05, 3.63) is 69.7 Å². The molecule has 2 aromatic rings. The summed E-state index contributed by atoms with van der Waals surface area (Å²) in [7, 11) is -2.25. The lowest BCUT2D eigenvalue weighted by molar-refractivity contribution is -0.00319. The standard InChI is InChI=1S/C27H34BrF2N3O5S/c1-25(2,3)38-24(34)33(17-37-14-13-36-6)23-27(5,18-7-10-20(29)11-8-18)39(31,35)16-26(4,32-23)21-15-19(28)9-12-22(21)30/h7-12,15,31H,13-14,16-17H2,1-6H3/t26-,27+,39?/m0/s1. The summed E-state index contributed by atoms with van der Waals surface area (Å²) in [4.78, 5) is 19.5. The molecule has 214 valence electrons. The number of nitrogens with zero attached hydrogens (tertiary/aromatic N) is 2. The highest BCUT2D eigenvalue weighted by atomic mass is 79.9. The average molecular weight is 631 g/mol. The summed E-state index contributed by atoms with van der Waals surface area (Å²) in [5.74, 6) is -1.61. The van der Waals surface area contributed by atoms with Gasteiger partial charge in [-0.1, -0.05) is 28.1 Å². The second-order valence-corrected chi connectivity index (χ2v) is 14.0. The van der Waals surface area contributed by atoms with Crippen molar-refractivity contribution >= 4 is 37.6 Å². The molecule has 0 saturated carbocycles. The van der Waals surface area contributed by atoms with Crippen LogP contribution in [0.15, 0.2) is 51.9 Å². The molecule has 1 aliphatic heterocycles. The Labute approximate surface area is 236 Å². The molecule has 0 bridgehead atoms. The van der Waals surface area contributed by atoms with Crippen LogP contribution >= 0.6 is 15.9 Å². The van der Waals surface area contributed by atoms with E-state index in [9.17, 15) is 13.4 Å². The van der Waals surface area contributed by atoms with Gasteiger partial charge in [0.25, 0.3) is 0 Å². The number of nitrogens with one attached hydrogen (secondary N) is 1. The van der Waals surface area contributed by atoms with Crippen LogP contribution in [0.4, 0.5) is 13.6 Å². The van der Waals surface area contributed by atoms with Crippen molar-refractivity contribution in [1.82, 2.24) is 4.90 Å². The molecule has 8 nitrogen and oxygen atoms in total. The lowest BCUT2D eigenvalue weighted by Crippen LogP contribution is -2.59. The van der Waals surface area contributed by atoms with Crippen molar-refractivity contribution < 1.29 is 32.0 Å². The fourth-order valence-corrected chi connectivity index (χ4v) is 6.96. The Bertz CT molecular complexity index is 1350. The van der Waals surface area contributed by atoms with Gasteiger partial charge in [-0.3, -0.25) is 9.77 Å². The summed E-state index contributed by atoms with van der Waals surface area (Å²) < 4.78 is 67.9. The van der Waals surface area contributed by atoms with Gasteiger partial charge in [-0.05, 0) is 70.5 Å². The van der Waals surface area contributed by atoms with Gasteiger partial charge in [-0.15, -0.1) is 0 Å². The monoisotopic (exact) mass is 629 g/mol. The molecule has 0 aliphatic carbocycles. The van der Waals surface area contributed by atoms with Crippen LogP contribution in [0, 0.1) is 16.4 Å². The third-order valence-corrected chi connectivity index (χ3v) is 9.55. The summed E-state index contributed by atoms with van der Waals surface area (Å²) in [6.07, 6.45) is -0.860. The van der Waals surface area contributed by atoms with E-state index in [0.717, 1.165) is 4.90 Å². The molecule has 1 unspecified atom stereocenters. The number of hydrogen-bond donors (Lipinski definition) is 1. The fourth-order valence-electron chi connectivity index (χ4n) is 4.33. The van der Waals surface area contributed by atoms with Gasteiger partial charge in [0.15, 0.2) is 0 Å². The molecular formula is C27H34BrF2N3O5S. The highest BCUT2D eigenvalue weighted by molar-refractivity contribution is 9.10. The molecule has 12 heteroatoms. The molecular weight excluding hydrogens is 596 g/mol. The lowest BCUT2D eigenvalue weighted by Gasteiger charge is -2.46. The number of halogens is 3. The van der Waals surface area contributed by atoms with Gasteiger partial charge in [0.1, 0.15) is 40.1 Å². The molecule has 0 fully saturated rings. The molecule has 3 rings (SSSR count). The number of carbonyl (C=O) groups is 1. The highest BCUT2D eigenvalue weighted by Gasteiger charge is 2.54. The topological polar surface area (TPSA) is 101 Å². The molecule has 3 atom stereocenters. The smallest absolute Gasteiger partial charge is 0.417 e. The van der Waals surface area contributed by atoms with E-state index in [0.29, 0.717) is 10.0 Å². The minimum Gasteiger partial charge on any atom is -0.443 e. The maximum Gasteiger partial charge on any atom is 0.417 e. The number of methoxy groups -OCH3 is 1. The number of amidine groups is 1. The summed E-state index contributed by atoms with van der Waals surface area (Å²) >= 11 is 3.35. The van der Waals surface area contributed by atoms with E-state index in [4.69, 9.17) is 24.0 Å². The van der Waals surface area contributed by atoms with E-state index < -0.39 is 43.3 Å². The number of hydrogen-bond acceptors (Lipinski definition) is 7. The third-order valence-electron chi connectivity index (χ3n) is 6.35. The predicted molar refractivity (Wildman–Crippen MR) is 149 cm³/mol. The van der Waals surface area contributed by atoms with Gasteiger partial charge in [-0.25, -0.2) is 22.7 Å². The Hall–Kier alpha value is -2.41. The lowest BCUT2D eigenvalue weighted by atomic mass is 9.91. The normalized spacial score (nSPS) is 25.2. The summed E-state index contributed by atoms with van der Waals surface area (Å²) in [5, 5.41) is 0. The molecule has 0 saturated heterocycles. The van der Waals surface area contributed by atoms with Crippen LogP contribution in [-0.2, 0) is 34.2 Å². The predicted octanol–water partition coefficient (Wildman–Crippen LogP) is 6.17. The van der Waals surface area contributed by atoms with E-state index in [1.807, 2.05) is 0 Å². The Balaban J connectivity index is 2.33. The third kappa shape index (κ3) is 6.67. The molecule has 1 amide bonds. The molecule has 1 heterocycles. The Morgan fingerprint density at radius 2 is 1.79 bits per heavy atom. The average Bonchev–Trinajstić information content (AvgIpc) is 2.82. The first-order valence-corrected chi connectivity index (χ1v) is 14.7. The Kier molecular flexibility index (Phi) is 9.26. The Morgan fingerprint density at radius 1 is 1.15 bits per heavy atom. The minimum absolute atomic E-state index is 0.0972. The summed E-state index contributed by atoms with van der Waals surface area (Å²) in [6, 6.07) is 9.46. The van der Waals surface area contributed by atoms with Crippen LogP contribution in [0.2, 0.25) is 0 Å². The van der Waals surface area contributed by atoms with Gasteiger partial charge in [0, 0.05) is 17.1 Å². The number of rotatable bonds is 7. The first kappa shape index (κ1) is 31.1. The fraction of sp³-hybridized carbons (Fsp3) is 0.481. The SMILES string of the molecule is COCCOCN(C(=O)OC(C)(C)C)C1=N[C@](C)(c2cc(Br)ccc2F)CS(=N)(=O)[C@]1(C)c1ccc(F)cc1. The zero-order valence-electron chi connectivity index (χ0n) is 22.8. The molecule has 39 heavy (non-hydrogen) atoms. The second kappa shape index (κ2) is 11.6. The largest absolute Gasteiger partial charge is 0.443 e. The molecule has 0 spiro atoms. The van der Waals surface area contributed by atoms with Crippen LogP contribution in [0.1, 0.15) is 45.7 Å². The van der Waals surface area contributed by atoms with Crippen LogP contribution in [0.5, 0.6) is 0 Å². The van der Waals surface area contributed by atoms with Crippen molar-refractivity contribution in [2.45, 2.75) is 50.5 Å². The number of amides is 1. The second-order valence-electron chi connectivity index (χ2n) is 10.6.